The molecule has 1 unspecified atom stereocenters. The van der Waals surface area contributed by atoms with Crippen LogP contribution in [0.2, 0.25) is 0 Å². The molecule has 0 radical (unpaired) electrons. The molecule has 1 aromatic heterocycles. The predicted octanol–water partition coefficient (Wildman–Crippen LogP) is 3.10. The van der Waals surface area contributed by atoms with E-state index in [-0.39, 0.29) is 0 Å². The number of unbranched alkanes of at least 4 members (excludes halogenated alkanes) is 1. The molecule has 3 heteroatoms. The zero-order valence-corrected chi connectivity index (χ0v) is 12.1. The Kier molecular flexibility index (Phi) is 4.38. The van der Waals surface area contributed by atoms with Crippen molar-refractivity contribution in [2.24, 2.45) is 5.73 Å². The zero-order chi connectivity index (χ0) is 13.8. The minimum absolute atomic E-state index is 0.391. The Hall–Kier alpha value is -1.32. The van der Waals surface area contributed by atoms with Gasteiger partial charge >= 0.3 is 0 Å². The third-order valence-electron chi connectivity index (χ3n) is 4.20. The molecule has 1 aliphatic rings. The summed E-state index contributed by atoms with van der Waals surface area (Å²) in [5.41, 5.74) is 8.39. The monoisotopic (exact) mass is 272 g/mol. The Balaban J connectivity index is 1.83. The van der Waals surface area contributed by atoms with Gasteiger partial charge in [0.05, 0.1) is 6.10 Å². The first-order valence-electron chi connectivity index (χ1n) is 7.77. The Bertz CT molecular complexity index is 555. The molecule has 1 atom stereocenters. The van der Waals surface area contributed by atoms with Crippen LogP contribution in [-0.2, 0) is 17.7 Å². The average molecular weight is 272 g/mol. The van der Waals surface area contributed by atoms with Crippen molar-refractivity contribution in [1.82, 2.24) is 4.57 Å². The lowest BCUT2D eigenvalue weighted by Crippen LogP contribution is -2.14. The number of ether oxygens (including phenoxy) is 1. The molecule has 1 aliphatic heterocycles. The second-order valence-corrected chi connectivity index (χ2v) is 5.70. The SMILES string of the molecule is NCCCCc1cn(CC2CCCO2)c2ccccc12. The fourth-order valence-electron chi connectivity index (χ4n) is 3.14. The molecule has 1 saturated heterocycles. The van der Waals surface area contributed by atoms with Gasteiger partial charge in [-0.1, -0.05) is 18.2 Å². The minimum atomic E-state index is 0.391. The maximum absolute atomic E-state index is 5.78. The summed E-state index contributed by atoms with van der Waals surface area (Å²) in [4.78, 5) is 0. The number of fused-ring (bicyclic) bond motifs is 1. The van der Waals surface area contributed by atoms with Gasteiger partial charge in [0.1, 0.15) is 0 Å². The van der Waals surface area contributed by atoms with Crippen LogP contribution in [0.5, 0.6) is 0 Å². The van der Waals surface area contributed by atoms with E-state index in [9.17, 15) is 0 Å². The molecule has 2 heterocycles. The first kappa shape index (κ1) is 13.7. The van der Waals surface area contributed by atoms with E-state index in [4.69, 9.17) is 10.5 Å². The maximum atomic E-state index is 5.78. The van der Waals surface area contributed by atoms with Gasteiger partial charge in [0.2, 0.25) is 0 Å². The average Bonchev–Trinajstić information content (AvgIpc) is 3.09. The number of aromatic nitrogens is 1. The highest BCUT2D eigenvalue weighted by Crippen LogP contribution is 2.25. The highest BCUT2D eigenvalue weighted by molar-refractivity contribution is 5.84. The van der Waals surface area contributed by atoms with Crippen LogP contribution in [0.3, 0.4) is 0 Å². The smallest absolute Gasteiger partial charge is 0.0754 e. The van der Waals surface area contributed by atoms with Gasteiger partial charge in [-0.15, -0.1) is 0 Å². The second-order valence-electron chi connectivity index (χ2n) is 5.70. The van der Waals surface area contributed by atoms with E-state index in [0.29, 0.717) is 6.10 Å². The van der Waals surface area contributed by atoms with Gasteiger partial charge < -0.3 is 15.0 Å². The molecule has 0 saturated carbocycles. The Morgan fingerprint density at radius 3 is 2.95 bits per heavy atom. The summed E-state index contributed by atoms with van der Waals surface area (Å²) in [6.45, 7) is 2.69. The normalized spacial score (nSPS) is 18.9. The van der Waals surface area contributed by atoms with Gasteiger partial charge in [0.25, 0.3) is 0 Å². The predicted molar refractivity (Wildman–Crippen MR) is 82.9 cm³/mol. The zero-order valence-electron chi connectivity index (χ0n) is 12.1. The molecule has 0 aliphatic carbocycles. The van der Waals surface area contributed by atoms with E-state index < -0.39 is 0 Å². The van der Waals surface area contributed by atoms with Crippen LogP contribution < -0.4 is 5.73 Å². The molecule has 108 valence electrons. The van der Waals surface area contributed by atoms with Gasteiger partial charge in [-0.25, -0.2) is 0 Å². The summed E-state index contributed by atoms with van der Waals surface area (Å²) in [5, 5.41) is 1.39. The molecule has 0 spiro atoms. The molecule has 0 amide bonds. The highest BCUT2D eigenvalue weighted by Gasteiger charge is 2.17. The second kappa shape index (κ2) is 6.42. The summed E-state index contributed by atoms with van der Waals surface area (Å²) in [6.07, 6.45) is 8.50. The molecular formula is C17H24N2O. The third-order valence-corrected chi connectivity index (χ3v) is 4.20. The molecular weight excluding hydrogens is 248 g/mol. The van der Waals surface area contributed by atoms with Gasteiger partial charge in [0.15, 0.2) is 0 Å². The molecule has 1 aromatic carbocycles. The number of hydrogen-bond donors (Lipinski definition) is 1. The standard InChI is InChI=1S/C17H24N2O/c18-10-4-3-6-14-12-19(13-15-7-5-11-20-15)17-9-2-1-8-16(14)17/h1-2,8-9,12,15H,3-7,10-11,13,18H2. The minimum Gasteiger partial charge on any atom is -0.376 e. The fourth-order valence-corrected chi connectivity index (χ4v) is 3.14. The van der Waals surface area contributed by atoms with E-state index in [1.165, 1.54) is 35.7 Å². The molecule has 1 fully saturated rings. The lowest BCUT2D eigenvalue weighted by molar-refractivity contribution is 0.0980. The maximum Gasteiger partial charge on any atom is 0.0754 e. The van der Waals surface area contributed by atoms with Crippen molar-refractivity contribution < 1.29 is 4.74 Å². The Labute approximate surface area is 120 Å². The van der Waals surface area contributed by atoms with Crippen molar-refractivity contribution in [2.75, 3.05) is 13.2 Å². The van der Waals surface area contributed by atoms with E-state index in [0.717, 1.165) is 32.5 Å². The molecule has 2 N–H and O–H groups in total. The van der Waals surface area contributed by atoms with Crippen LogP contribution in [0.1, 0.15) is 31.2 Å². The van der Waals surface area contributed by atoms with Crippen molar-refractivity contribution in [3.05, 3.63) is 36.0 Å². The lowest BCUT2D eigenvalue weighted by Gasteiger charge is -2.11. The number of benzene rings is 1. The van der Waals surface area contributed by atoms with E-state index >= 15 is 0 Å². The van der Waals surface area contributed by atoms with Gasteiger partial charge in [-0.3, -0.25) is 0 Å². The number of para-hydroxylation sites is 1. The van der Waals surface area contributed by atoms with Crippen LogP contribution in [0.25, 0.3) is 10.9 Å². The molecule has 20 heavy (non-hydrogen) atoms. The summed E-state index contributed by atoms with van der Waals surface area (Å²) in [6, 6.07) is 8.71. The highest BCUT2D eigenvalue weighted by atomic mass is 16.5. The van der Waals surface area contributed by atoms with Crippen molar-refractivity contribution >= 4 is 10.9 Å². The Morgan fingerprint density at radius 2 is 2.15 bits per heavy atom. The Morgan fingerprint density at radius 1 is 1.25 bits per heavy atom. The van der Waals surface area contributed by atoms with Gasteiger partial charge in [-0.2, -0.15) is 0 Å². The number of nitrogens with zero attached hydrogens (tertiary/aromatic N) is 1. The van der Waals surface area contributed by atoms with Crippen molar-refractivity contribution in [3.63, 3.8) is 0 Å². The third kappa shape index (κ3) is 2.89. The molecule has 3 rings (SSSR count). The number of rotatable bonds is 6. The quantitative estimate of drug-likeness (QED) is 0.821. The number of nitrogens with two attached hydrogens (primary N) is 1. The largest absolute Gasteiger partial charge is 0.376 e. The summed E-state index contributed by atoms with van der Waals surface area (Å²) in [5.74, 6) is 0. The van der Waals surface area contributed by atoms with Crippen LogP contribution >= 0.6 is 0 Å². The summed E-state index contributed by atoms with van der Waals surface area (Å²) < 4.78 is 8.15. The van der Waals surface area contributed by atoms with Crippen LogP contribution in [0.15, 0.2) is 30.5 Å². The number of aryl methyl sites for hydroxylation is 1. The van der Waals surface area contributed by atoms with Crippen molar-refractivity contribution in [2.45, 2.75) is 44.8 Å². The number of hydrogen-bond acceptors (Lipinski definition) is 2. The van der Waals surface area contributed by atoms with Crippen molar-refractivity contribution in [1.29, 1.82) is 0 Å². The van der Waals surface area contributed by atoms with Crippen molar-refractivity contribution in [3.8, 4) is 0 Å². The first-order valence-corrected chi connectivity index (χ1v) is 7.77. The first-order chi connectivity index (χ1) is 9.88. The van der Waals surface area contributed by atoms with E-state index in [2.05, 4.69) is 35.0 Å². The van der Waals surface area contributed by atoms with Gasteiger partial charge in [0, 0.05) is 30.3 Å². The molecule has 3 nitrogen and oxygen atoms in total. The van der Waals surface area contributed by atoms with Crippen LogP contribution in [0, 0.1) is 0 Å². The van der Waals surface area contributed by atoms with Crippen LogP contribution in [-0.4, -0.2) is 23.8 Å². The topological polar surface area (TPSA) is 40.2 Å². The molecule has 2 aromatic rings. The summed E-state index contributed by atoms with van der Waals surface area (Å²) in [7, 11) is 0. The molecule has 0 bridgehead atoms. The van der Waals surface area contributed by atoms with Crippen LogP contribution in [0.4, 0.5) is 0 Å². The fraction of sp³-hybridized carbons (Fsp3) is 0.529. The van der Waals surface area contributed by atoms with E-state index in [1.807, 2.05) is 0 Å². The van der Waals surface area contributed by atoms with Gasteiger partial charge in [-0.05, 0) is 50.3 Å². The summed E-state index contributed by atoms with van der Waals surface area (Å²) >= 11 is 0. The van der Waals surface area contributed by atoms with E-state index in [1.54, 1.807) is 0 Å². The lowest BCUT2D eigenvalue weighted by atomic mass is 10.1.